The smallest absolute Gasteiger partial charge is 0.222 e. The summed E-state index contributed by atoms with van der Waals surface area (Å²) in [5.74, 6) is 0.658. The molecule has 1 aromatic carbocycles. The molecule has 2 N–H and O–H groups in total. The molecule has 1 unspecified atom stereocenters. The van der Waals surface area contributed by atoms with Crippen LogP contribution in [0.4, 0.5) is 0 Å². The number of para-hydroxylation sites is 1. The molecule has 1 amide bonds. The molecule has 0 bridgehead atoms. The lowest BCUT2D eigenvalue weighted by atomic mass is 9.92. The number of hydrogen-bond donors (Lipinski definition) is 2. The van der Waals surface area contributed by atoms with Crippen LogP contribution in [0.25, 0.3) is 0 Å². The van der Waals surface area contributed by atoms with Crippen LogP contribution in [0.5, 0.6) is 5.75 Å². The van der Waals surface area contributed by atoms with E-state index < -0.39 is 0 Å². The fraction of sp³-hybridized carbons (Fsp3) is 0.562. The monoisotopic (exact) mass is 276 g/mol. The maximum atomic E-state index is 11.7. The quantitative estimate of drug-likeness (QED) is 0.887. The normalized spacial score (nSPS) is 18.7. The molecule has 1 heterocycles. The number of aromatic hydroxyl groups is 1. The van der Waals surface area contributed by atoms with E-state index in [1.165, 1.54) is 0 Å². The minimum Gasteiger partial charge on any atom is -0.508 e. The molecule has 110 valence electrons. The third-order valence-electron chi connectivity index (χ3n) is 4.27. The molecule has 20 heavy (non-hydrogen) atoms. The van der Waals surface area contributed by atoms with Crippen LogP contribution < -0.4 is 5.32 Å². The van der Waals surface area contributed by atoms with E-state index in [-0.39, 0.29) is 17.9 Å². The maximum absolute atomic E-state index is 11.7. The summed E-state index contributed by atoms with van der Waals surface area (Å²) >= 11 is 0. The first-order valence-electron chi connectivity index (χ1n) is 7.40. The second kappa shape index (κ2) is 6.75. The summed E-state index contributed by atoms with van der Waals surface area (Å²) in [6.45, 7) is 3.96. The Kier molecular flexibility index (Phi) is 5.01. The second-order valence-electron chi connectivity index (χ2n) is 5.41. The first kappa shape index (κ1) is 14.9. The van der Waals surface area contributed by atoms with Crippen LogP contribution in [-0.2, 0) is 4.79 Å². The average Bonchev–Trinajstić information content (AvgIpc) is 2.50. The SMILES string of the molecule is CCC(c1ccccc1O)N1CCC(C(=O)NC)CC1. The topological polar surface area (TPSA) is 52.6 Å². The Balaban J connectivity index is 2.04. The summed E-state index contributed by atoms with van der Waals surface area (Å²) in [6.07, 6.45) is 2.75. The molecule has 1 aromatic rings. The first-order valence-corrected chi connectivity index (χ1v) is 7.40. The van der Waals surface area contributed by atoms with Crippen LogP contribution in [0.3, 0.4) is 0 Å². The van der Waals surface area contributed by atoms with Crippen molar-refractivity contribution >= 4 is 5.91 Å². The molecular formula is C16H24N2O2. The van der Waals surface area contributed by atoms with Crippen molar-refractivity contribution in [2.45, 2.75) is 32.2 Å². The molecule has 0 saturated carbocycles. The molecular weight excluding hydrogens is 252 g/mol. The summed E-state index contributed by atoms with van der Waals surface area (Å²) in [7, 11) is 1.70. The van der Waals surface area contributed by atoms with Crippen molar-refractivity contribution in [1.29, 1.82) is 0 Å². The fourth-order valence-corrected chi connectivity index (χ4v) is 3.12. The Bertz CT molecular complexity index is 454. The zero-order valence-electron chi connectivity index (χ0n) is 12.3. The lowest BCUT2D eigenvalue weighted by Gasteiger charge is -2.37. The lowest BCUT2D eigenvalue weighted by molar-refractivity contribution is -0.126. The highest BCUT2D eigenvalue weighted by molar-refractivity contribution is 5.78. The largest absolute Gasteiger partial charge is 0.508 e. The summed E-state index contributed by atoms with van der Waals surface area (Å²) in [6, 6.07) is 7.80. The molecule has 1 atom stereocenters. The molecule has 0 radical (unpaired) electrons. The van der Waals surface area contributed by atoms with E-state index in [0.717, 1.165) is 37.9 Å². The fourth-order valence-electron chi connectivity index (χ4n) is 3.12. The number of nitrogens with zero attached hydrogens (tertiary/aromatic N) is 1. The molecule has 1 fully saturated rings. The zero-order valence-corrected chi connectivity index (χ0v) is 12.3. The highest BCUT2D eigenvalue weighted by atomic mass is 16.3. The third kappa shape index (κ3) is 3.12. The van der Waals surface area contributed by atoms with E-state index in [9.17, 15) is 9.90 Å². The molecule has 4 heteroatoms. The number of carbonyl (C=O) groups is 1. The number of piperidine rings is 1. The van der Waals surface area contributed by atoms with Crippen LogP contribution in [0.2, 0.25) is 0 Å². The summed E-state index contributed by atoms with van der Waals surface area (Å²) < 4.78 is 0. The van der Waals surface area contributed by atoms with Gasteiger partial charge in [-0.05, 0) is 38.4 Å². The molecule has 0 aliphatic carbocycles. The van der Waals surface area contributed by atoms with Crippen molar-refractivity contribution in [2.75, 3.05) is 20.1 Å². The van der Waals surface area contributed by atoms with Gasteiger partial charge in [-0.2, -0.15) is 0 Å². The van der Waals surface area contributed by atoms with Gasteiger partial charge in [-0.1, -0.05) is 25.1 Å². The first-order chi connectivity index (χ1) is 9.67. The number of amides is 1. The number of phenols is 1. The molecule has 2 rings (SSSR count). The number of carbonyl (C=O) groups excluding carboxylic acids is 1. The van der Waals surface area contributed by atoms with Crippen molar-refractivity contribution in [3.05, 3.63) is 29.8 Å². The Morgan fingerprint density at radius 2 is 2.05 bits per heavy atom. The number of likely N-dealkylation sites (tertiary alicyclic amines) is 1. The minimum atomic E-state index is 0.137. The van der Waals surface area contributed by atoms with Crippen molar-refractivity contribution in [2.24, 2.45) is 5.92 Å². The van der Waals surface area contributed by atoms with Gasteiger partial charge in [0.15, 0.2) is 0 Å². The van der Waals surface area contributed by atoms with E-state index in [4.69, 9.17) is 0 Å². The van der Waals surface area contributed by atoms with E-state index >= 15 is 0 Å². The number of hydrogen-bond acceptors (Lipinski definition) is 3. The van der Waals surface area contributed by atoms with E-state index in [2.05, 4.69) is 17.1 Å². The number of benzene rings is 1. The predicted molar refractivity (Wildman–Crippen MR) is 79.5 cm³/mol. The van der Waals surface area contributed by atoms with Gasteiger partial charge in [0.05, 0.1) is 0 Å². The van der Waals surface area contributed by atoms with Crippen LogP contribution in [-0.4, -0.2) is 36.1 Å². The Morgan fingerprint density at radius 3 is 2.60 bits per heavy atom. The van der Waals surface area contributed by atoms with Gasteiger partial charge in [-0.25, -0.2) is 0 Å². The van der Waals surface area contributed by atoms with Gasteiger partial charge in [0.1, 0.15) is 5.75 Å². The number of phenolic OH excluding ortho intramolecular Hbond substituents is 1. The predicted octanol–water partition coefficient (Wildman–Crippen LogP) is 2.30. The summed E-state index contributed by atoms with van der Waals surface area (Å²) in [5, 5.41) is 12.8. The van der Waals surface area contributed by atoms with Gasteiger partial charge in [0.2, 0.25) is 5.91 Å². The van der Waals surface area contributed by atoms with Gasteiger partial charge >= 0.3 is 0 Å². The molecule has 1 aliphatic heterocycles. The Morgan fingerprint density at radius 1 is 1.40 bits per heavy atom. The van der Waals surface area contributed by atoms with E-state index in [1.54, 1.807) is 13.1 Å². The van der Waals surface area contributed by atoms with Crippen molar-refractivity contribution < 1.29 is 9.90 Å². The van der Waals surface area contributed by atoms with Gasteiger partial charge in [-0.15, -0.1) is 0 Å². The third-order valence-corrected chi connectivity index (χ3v) is 4.27. The highest BCUT2D eigenvalue weighted by Crippen LogP contribution is 2.33. The standard InChI is InChI=1S/C16H24N2O2/c1-3-14(13-6-4-5-7-15(13)19)18-10-8-12(9-11-18)16(20)17-2/h4-7,12,14,19H,3,8-11H2,1-2H3,(H,17,20). The van der Waals surface area contributed by atoms with Crippen LogP contribution in [0, 0.1) is 5.92 Å². The molecule has 1 aliphatic rings. The molecule has 1 saturated heterocycles. The Hall–Kier alpha value is -1.55. The summed E-state index contributed by atoms with van der Waals surface area (Å²) in [4.78, 5) is 14.1. The van der Waals surface area contributed by atoms with E-state index in [0.29, 0.717) is 5.75 Å². The average molecular weight is 276 g/mol. The lowest BCUT2D eigenvalue weighted by Crippen LogP contribution is -2.41. The van der Waals surface area contributed by atoms with Crippen LogP contribution in [0.1, 0.15) is 37.8 Å². The molecule has 0 spiro atoms. The highest BCUT2D eigenvalue weighted by Gasteiger charge is 2.29. The van der Waals surface area contributed by atoms with Crippen molar-refractivity contribution in [3.63, 3.8) is 0 Å². The van der Waals surface area contributed by atoms with Gasteiger partial charge in [-0.3, -0.25) is 9.69 Å². The maximum Gasteiger partial charge on any atom is 0.222 e. The minimum absolute atomic E-state index is 0.137. The molecule has 0 aromatic heterocycles. The van der Waals surface area contributed by atoms with Gasteiger partial charge < -0.3 is 10.4 Å². The van der Waals surface area contributed by atoms with Crippen molar-refractivity contribution in [1.82, 2.24) is 10.2 Å². The molecule has 4 nitrogen and oxygen atoms in total. The van der Waals surface area contributed by atoms with Gasteiger partial charge in [0, 0.05) is 24.6 Å². The van der Waals surface area contributed by atoms with Crippen molar-refractivity contribution in [3.8, 4) is 5.75 Å². The van der Waals surface area contributed by atoms with Gasteiger partial charge in [0.25, 0.3) is 0 Å². The van der Waals surface area contributed by atoms with Crippen LogP contribution >= 0.6 is 0 Å². The second-order valence-corrected chi connectivity index (χ2v) is 5.41. The Labute approximate surface area is 120 Å². The number of nitrogens with one attached hydrogen (secondary N) is 1. The van der Waals surface area contributed by atoms with Crippen LogP contribution in [0.15, 0.2) is 24.3 Å². The van der Waals surface area contributed by atoms with E-state index in [1.807, 2.05) is 18.2 Å². The number of rotatable bonds is 4. The zero-order chi connectivity index (χ0) is 14.5. The summed E-state index contributed by atoms with van der Waals surface area (Å²) in [5.41, 5.74) is 0.994.